The minimum atomic E-state index is -0.430. The van der Waals surface area contributed by atoms with Crippen molar-refractivity contribution in [2.45, 2.75) is 39.5 Å². The van der Waals surface area contributed by atoms with E-state index in [2.05, 4.69) is 18.7 Å². The second-order valence-electron chi connectivity index (χ2n) is 5.63. The molecule has 0 aromatic heterocycles. The first-order valence-electron chi connectivity index (χ1n) is 7.09. The monoisotopic (exact) mass is 260 g/mol. The van der Waals surface area contributed by atoms with Gasteiger partial charge in [0.1, 0.15) is 11.9 Å². The van der Waals surface area contributed by atoms with Crippen LogP contribution in [0.5, 0.6) is 0 Å². The number of benzene rings is 1. The summed E-state index contributed by atoms with van der Waals surface area (Å²) in [6.45, 7) is 6.52. The topological polar surface area (TPSA) is 27.0 Å². The van der Waals surface area contributed by atoms with Gasteiger partial charge in [0, 0.05) is 24.2 Å². The van der Waals surface area contributed by atoms with Gasteiger partial charge in [-0.15, -0.1) is 0 Å². The summed E-state index contributed by atoms with van der Waals surface area (Å²) in [5.74, 6) is -0.430. The highest BCUT2D eigenvalue weighted by Crippen LogP contribution is 2.42. The zero-order valence-corrected chi connectivity index (χ0v) is 11.7. The lowest BCUT2D eigenvalue weighted by atomic mass is 9.72. The van der Waals surface area contributed by atoms with Crippen LogP contribution in [0.1, 0.15) is 45.1 Å². The predicted molar refractivity (Wildman–Crippen MR) is 75.6 cm³/mol. The predicted octanol–water partition coefficient (Wildman–Crippen LogP) is 4.10. The maximum Gasteiger partial charge on any atom is 0.141 e. The first kappa shape index (κ1) is 13.9. The molecule has 0 N–H and O–H groups in total. The van der Waals surface area contributed by atoms with E-state index < -0.39 is 5.82 Å². The zero-order chi connectivity index (χ0) is 13.9. The summed E-state index contributed by atoms with van der Waals surface area (Å²) in [5.41, 5.74) is 1.55. The Kier molecular flexibility index (Phi) is 4.09. The maximum atomic E-state index is 13.3. The highest BCUT2D eigenvalue weighted by molar-refractivity contribution is 5.54. The fraction of sp³-hybridized carbons (Fsp3) is 0.562. The molecule has 3 heteroatoms. The number of hydrogen-bond acceptors (Lipinski definition) is 2. The minimum Gasteiger partial charge on any atom is -0.370 e. The molecule has 0 unspecified atom stereocenters. The average molecular weight is 260 g/mol. The van der Waals surface area contributed by atoms with Crippen LogP contribution < -0.4 is 4.90 Å². The van der Waals surface area contributed by atoms with Gasteiger partial charge < -0.3 is 4.90 Å². The highest BCUT2D eigenvalue weighted by atomic mass is 19.1. The number of nitriles is 1. The average Bonchev–Trinajstić information content (AvgIpc) is 2.36. The van der Waals surface area contributed by atoms with Gasteiger partial charge in [-0.3, -0.25) is 0 Å². The molecular formula is C16H21FN2. The molecule has 0 bridgehead atoms. The molecule has 19 heavy (non-hydrogen) atoms. The van der Waals surface area contributed by atoms with E-state index in [1.54, 1.807) is 12.1 Å². The molecule has 1 aromatic carbocycles. The molecule has 0 amide bonds. The van der Waals surface area contributed by atoms with Crippen LogP contribution in [0.4, 0.5) is 10.1 Å². The second kappa shape index (κ2) is 5.61. The summed E-state index contributed by atoms with van der Waals surface area (Å²) in [5, 5.41) is 8.88. The maximum absolute atomic E-state index is 13.3. The molecule has 2 rings (SSSR count). The number of hydrogen-bond donors (Lipinski definition) is 0. The Hall–Kier alpha value is -1.56. The quantitative estimate of drug-likeness (QED) is 0.796. The molecule has 0 saturated carbocycles. The Labute approximate surface area is 114 Å². The largest absolute Gasteiger partial charge is 0.370 e. The Balaban J connectivity index is 2.09. The van der Waals surface area contributed by atoms with Crippen molar-refractivity contribution >= 4 is 5.69 Å². The molecule has 1 heterocycles. The molecule has 2 nitrogen and oxygen atoms in total. The van der Waals surface area contributed by atoms with Crippen LogP contribution >= 0.6 is 0 Å². The van der Waals surface area contributed by atoms with Gasteiger partial charge in [0.2, 0.25) is 0 Å². The summed E-state index contributed by atoms with van der Waals surface area (Å²) in [7, 11) is 0. The van der Waals surface area contributed by atoms with Crippen molar-refractivity contribution in [1.82, 2.24) is 0 Å². The van der Waals surface area contributed by atoms with Crippen molar-refractivity contribution in [3.05, 3.63) is 29.6 Å². The summed E-state index contributed by atoms with van der Waals surface area (Å²) >= 11 is 0. The number of anilines is 1. The smallest absolute Gasteiger partial charge is 0.141 e. The third-order valence-corrected chi connectivity index (χ3v) is 4.05. The van der Waals surface area contributed by atoms with Crippen molar-refractivity contribution in [2.75, 3.05) is 18.0 Å². The number of nitrogens with zero attached hydrogens (tertiary/aromatic N) is 2. The normalized spacial score (nSPS) is 16.8. The van der Waals surface area contributed by atoms with Crippen LogP contribution in [0, 0.1) is 22.6 Å². The Morgan fingerprint density at radius 3 is 2.42 bits per heavy atom. The molecule has 0 spiro atoms. The van der Waals surface area contributed by atoms with E-state index in [9.17, 15) is 4.39 Å². The molecule has 102 valence electrons. The molecule has 0 atom stereocenters. The van der Waals surface area contributed by atoms with Crippen molar-refractivity contribution in [3.8, 4) is 6.07 Å². The van der Waals surface area contributed by atoms with Gasteiger partial charge in [-0.25, -0.2) is 4.39 Å². The van der Waals surface area contributed by atoms with E-state index in [1.165, 1.54) is 31.7 Å². The molecule has 1 fully saturated rings. The summed E-state index contributed by atoms with van der Waals surface area (Å²) in [6, 6.07) is 6.74. The number of rotatable bonds is 5. The van der Waals surface area contributed by atoms with Crippen LogP contribution in [0.3, 0.4) is 0 Å². The van der Waals surface area contributed by atoms with Crippen LogP contribution in [-0.4, -0.2) is 13.1 Å². The van der Waals surface area contributed by atoms with Crippen molar-refractivity contribution in [3.63, 3.8) is 0 Å². The summed E-state index contributed by atoms with van der Waals surface area (Å²) in [4.78, 5) is 2.26. The molecule has 0 radical (unpaired) electrons. The lowest BCUT2D eigenvalue weighted by Crippen LogP contribution is -2.56. The summed E-state index contributed by atoms with van der Waals surface area (Å²) < 4.78 is 13.3. The molecule has 0 aliphatic carbocycles. The summed E-state index contributed by atoms with van der Waals surface area (Å²) in [6.07, 6.45) is 4.93. The lowest BCUT2D eigenvalue weighted by molar-refractivity contribution is 0.173. The fourth-order valence-corrected chi connectivity index (χ4v) is 3.24. The Morgan fingerprint density at radius 1 is 1.26 bits per heavy atom. The fourth-order valence-electron chi connectivity index (χ4n) is 3.24. The van der Waals surface area contributed by atoms with E-state index in [0.29, 0.717) is 5.41 Å². The SMILES string of the molecule is CCCC1(CCC)CN(c2ccc(F)c(C#N)c2)C1. The molecule has 1 aromatic rings. The zero-order valence-electron chi connectivity index (χ0n) is 11.7. The molecule has 1 saturated heterocycles. The lowest BCUT2D eigenvalue weighted by Gasteiger charge is -2.52. The van der Waals surface area contributed by atoms with Gasteiger partial charge in [-0.05, 0) is 31.0 Å². The Morgan fingerprint density at radius 2 is 1.89 bits per heavy atom. The molecule has 1 aliphatic rings. The van der Waals surface area contributed by atoms with E-state index in [1.807, 2.05) is 6.07 Å². The van der Waals surface area contributed by atoms with E-state index in [-0.39, 0.29) is 5.56 Å². The molecular weight excluding hydrogens is 239 g/mol. The van der Waals surface area contributed by atoms with E-state index >= 15 is 0 Å². The van der Waals surface area contributed by atoms with Crippen LogP contribution in [0.2, 0.25) is 0 Å². The van der Waals surface area contributed by atoms with E-state index in [0.717, 1.165) is 18.8 Å². The third-order valence-electron chi connectivity index (χ3n) is 4.05. The molecule has 1 aliphatic heterocycles. The minimum absolute atomic E-state index is 0.140. The first-order chi connectivity index (χ1) is 9.14. The van der Waals surface area contributed by atoms with Crippen LogP contribution in [-0.2, 0) is 0 Å². The van der Waals surface area contributed by atoms with Crippen molar-refractivity contribution < 1.29 is 4.39 Å². The third kappa shape index (κ3) is 2.73. The second-order valence-corrected chi connectivity index (χ2v) is 5.63. The van der Waals surface area contributed by atoms with Gasteiger partial charge >= 0.3 is 0 Å². The highest BCUT2D eigenvalue weighted by Gasteiger charge is 2.41. The van der Waals surface area contributed by atoms with Gasteiger partial charge in [0.05, 0.1) is 5.56 Å². The van der Waals surface area contributed by atoms with Crippen molar-refractivity contribution in [1.29, 1.82) is 5.26 Å². The Bertz CT molecular complexity index is 476. The van der Waals surface area contributed by atoms with Gasteiger partial charge in [0.15, 0.2) is 0 Å². The van der Waals surface area contributed by atoms with Crippen molar-refractivity contribution in [2.24, 2.45) is 5.41 Å². The van der Waals surface area contributed by atoms with Crippen LogP contribution in [0.25, 0.3) is 0 Å². The van der Waals surface area contributed by atoms with Gasteiger partial charge in [-0.2, -0.15) is 5.26 Å². The standard InChI is InChI=1S/C16H21FN2/c1-3-7-16(8-4-2)11-19(12-16)14-5-6-15(17)13(9-14)10-18/h5-6,9H,3-4,7-8,11-12H2,1-2H3. The van der Waals surface area contributed by atoms with E-state index in [4.69, 9.17) is 5.26 Å². The van der Waals surface area contributed by atoms with Gasteiger partial charge in [0.25, 0.3) is 0 Å². The van der Waals surface area contributed by atoms with Crippen LogP contribution in [0.15, 0.2) is 18.2 Å². The number of halogens is 1. The van der Waals surface area contributed by atoms with Gasteiger partial charge in [-0.1, -0.05) is 26.7 Å². The first-order valence-corrected chi connectivity index (χ1v) is 7.09.